The number of nitriles is 1. The minimum Gasteiger partial charge on any atom is -0.378 e. The zero-order valence-corrected chi connectivity index (χ0v) is 15.3. The van der Waals surface area contributed by atoms with E-state index in [0.29, 0.717) is 22.5 Å². The van der Waals surface area contributed by atoms with Gasteiger partial charge in [-0.25, -0.2) is 9.97 Å². The fourth-order valence-electron chi connectivity index (χ4n) is 3.59. The molecular weight excluding hydrogens is 356 g/mol. The van der Waals surface area contributed by atoms with E-state index in [1.807, 2.05) is 6.07 Å². The van der Waals surface area contributed by atoms with Gasteiger partial charge in [0.25, 0.3) is 5.91 Å². The number of carbonyl (C=O) groups excluding carboxylic acids is 1. The van der Waals surface area contributed by atoms with Crippen molar-refractivity contribution in [1.82, 2.24) is 15.0 Å². The van der Waals surface area contributed by atoms with Gasteiger partial charge in [0.1, 0.15) is 23.6 Å². The Labute approximate surface area is 161 Å². The van der Waals surface area contributed by atoms with Crippen molar-refractivity contribution in [2.45, 2.75) is 25.3 Å². The summed E-state index contributed by atoms with van der Waals surface area (Å²) in [5.41, 5.74) is 8.58. The van der Waals surface area contributed by atoms with Crippen LogP contribution in [0.3, 0.4) is 0 Å². The SMILES string of the molecule is N#Cc1ccc(N2CCCC(Nc3c(C(N)=O)cnc4[nH+]c[nH]c34)CC2)nc1. The molecule has 1 amide bonds. The predicted molar refractivity (Wildman–Crippen MR) is 104 cm³/mol. The van der Waals surface area contributed by atoms with Crippen LogP contribution in [0.1, 0.15) is 35.2 Å². The van der Waals surface area contributed by atoms with Crippen LogP contribution in [0.25, 0.3) is 11.2 Å². The van der Waals surface area contributed by atoms with Crippen molar-refractivity contribution in [3.05, 3.63) is 42.0 Å². The number of hydrogen-bond donors (Lipinski definition) is 3. The lowest BCUT2D eigenvalue weighted by Crippen LogP contribution is -2.27. The number of anilines is 2. The Hall–Kier alpha value is -3.67. The zero-order chi connectivity index (χ0) is 19.5. The molecule has 9 heteroatoms. The van der Waals surface area contributed by atoms with Gasteiger partial charge in [0.2, 0.25) is 0 Å². The Balaban J connectivity index is 1.52. The third-order valence-corrected chi connectivity index (χ3v) is 5.05. The molecule has 1 saturated heterocycles. The number of nitrogens with two attached hydrogens (primary N) is 1. The summed E-state index contributed by atoms with van der Waals surface area (Å²) in [5.74, 6) is 0.367. The lowest BCUT2D eigenvalue weighted by atomic mass is 10.1. The van der Waals surface area contributed by atoms with E-state index in [-0.39, 0.29) is 6.04 Å². The summed E-state index contributed by atoms with van der Waals surface area (Å²) in [4.78, 5) is 28.8. The third kappa shape index (κ3) is 3.44. The van der Waals surface area contributed by atoms with E-state index in [1.54, 1.807) is 18.6 Å². The maximum atomic E-state index is 11.9. The van der Waals surface area contributed by atoms with Crippen LogP contribution in [0.15, 0.2) is 30.9 Å². The standard InChI is InChI=1S/C19H20N8O/c20-8-12-3-4-15(22-9-12)27-6-1-2-13(5-7-27)26-16-14(18(21)28)10-23-19-17(16)24-11-25-19/h3-4,9-11,13H,1-2,5-7H2,(H2,21,28)(H2,23,24,25,26)/p+1. The quantitative estimate of drug-likeness (QED) is 0.625. The molecule has 0 aromatic carbocycles. The van der Waals surface area contributed by atoms with E-state index in [9.17, 15) is 4.79 Å². The lowest BCUT2D eigenvalue weighted by molar-refractivity contribution is -0.347. The molecule has 1 fully saturated rings. The molecule has 4 rings (SSSR count). The molecule has 0 bridgehead atoms. The number of nitrogens with one attached hydrogen (secondary N) is 3. The van der Waals surface area contributed by atoms with Gasteiger partial charge in [-0.3, -0.25) is 9.78 Å². The monoisotopic (exact) mass is 377 g/mol. The molecule has 1 unspecified atom stereocenters. The molecule has 0 radical (unpaired) electrons. The Morgan fingerprint density at radius 1 is 1.32 bits per heavy atom. The van der Waals surface area contributed by atoms with Crippen molar-refractivity contribution in [2.24, 2.45) is 5.73 Å². The van der Waals surface area contributed by atoms with Crippen LogP contribution in [-0.4, -0.2) is 40.0 Å². The Morgan fingerprint density at radius 2 is 2.21 bits per heavy atom. The van der Waals surface area contributed by atoms with Gasteiger partial charge < -0.3 is 16.0 Å². The summed E-state index contributed by atoms with van der Waals surface area (Å²) in [6.07, 6.45) is 7.61. The smallest absolute Gasteiger partial charge is 0.301 e. The number of rotatable bonds is 4. The molecule has 9 nitrogen and oxygen atoms in total. The lowest BCUT2D eigenvalue weighted by Gasteiger charge is -2.22. The molecule has 3 aromatic heterocycles. The molecule has 142 valence electrons. The molecule has 1 atom stereocenters. The van der Waals surface area contributed by atoms with Gasteiger partial charge in [0.05, 0.1) is 11.3 Å². The summed E-state index contributed by atoms with van der Waals surface area (Å²) in [5, 5.41) is 12.4. The fourth-order valence-corrected chi connectivity index (χ4v) is 3.59. The van der Waals surface area contributed by atoms with E-state index in [1.165, 1.54) is 6.20 Å². The van der Waals surface area contributed by atoms with Gasteiger partial charge in [-0.2, -0.15) is 5.26 Å². The van der Waals surface area contributed by atoms with Gasteiger partial charge in [-0.15, -0.1) is 4.98 Å². The second-order valence-corrected chi connectivity index (χ2v) is 6.84. The molecular formula is C19H21N8O+. The summed E-state index contributed by atoms with van der Waals surface area (Å²) >= 11 is 0. The van der Waals surface area contributed by atoms with Crippen molar-refractivity contribution in [3.8, 4) is 6.07 Å². The van der Waals surface area contributed by atoms with E-state index >= 15 is 0 Å². The van der Waals surface area contributed by atoms with Crippen molar-refractivity contribution in [2.75, 3.05) is 23.3 Å². The van der Waals surface area contributed by atoms with Gasteiger partial charge in [0.15, 0.2) is 11.8 Å². The van der Waals surface area contributed by atoms with Crippen LogP contribution in [0.4, 0.5) is 11.5 Å². The van der Waals surface area contributed by atoms with Gasteiger partial charge in [0, 0.05) is 25.3 Å². The predicted octanol–water partition coefficient (Wildman–Crippen LogP) is 1.21. The van der Waals surface area contributed by atoms with Crippen LogP contribution in [0, 0.1) is 11.3 Å². The number of H-pyrrole nitrogens is 2. The van der Waals surface area contributed by atoms with E-state index < -0.39 is 5.91 Å². The number of fused-ring (bicyclic) bond motifs is 1. The van der Waals surface area contributed by atoms with E-state index in [4.69, 9.17) is 11.0 Å². The normalized spacial score (nSPS) is 17.1. The summed E-state index contributed by atoms with van der Waals surface area (Å²) in [6.45, 7) is 1.72. The molecule has 28 heavy (non-hydrogen) atoms. The highest BCUT2D eigenvalue weighted by atomic mass is 16.1. The summed E-state index contributed by atoms with van der Waals surface area (Å²) in [6, 6.07) is 5.96. The number of pyridine rings is 2. The number of nitrogens with zero attached hydrogens (tertiary/aromatic N) is 4. The summed E-state index contributed by atoms with van der Waals surface area (Å²) in [7, 11) is 0. The first-order valence-electron chi connectivity index (χ1n) is 9.21. The molecule has 4 heterocycles. The van der Waals surface area contributed by atoms with E-state index in [0.717, 1.165) is 43.7 Å². The second-order valence-electron chi connectivity index (χ2n) is 6.84. The van der Waals surface area contributed by atoms with Gasteiger partial charge >= 0.3 is 5.65 Å². The topological polar surface area (TPSA) is 138 Å². The van der Waals surface area contributed by atoms with Crippen LogP contribution < -0.4 is 20.9 Å². The molecule has 1 aliphatic heterocycles. The van der Waals surface area contributed by atoms with Gasteiger partial charge in [-0.05, 0) is 31.4 Å². The van der Waals surface area contributed by atoms with Crippen molar-refractivity contribution >= 4 is 28.6 Å². The van der Waals surface area contributed by atoms with Gasteiger partial charge in [-0.1, -0.05) is 0 Å². The van der Waals surface area contributed by atoms with Crippen LogP contribution in [0.2, 0.25) is 0 Å². The number of hydrogen-bond acceptors (Lipinski definition) is 6. The van der Waals surface area contributed by atoms with E-state index in [2.05, 4.69) is 36.2 Å². The van der Waals surface area contributed by atoms with Crippen molar-refractivity contribution in [3.63, 3.8) is 0 Å². The average molecular weight is 377 g/mol. The number of imidazole rings is 1. The fraction of sp³-hybridized carbons (Fsp3) is 0.316. The maximum Gasteiger partial charge on any atom is 0.301 e. The van der Waals surface area contributed by atoms with Crippen LogP contribution in [-0.2, 0) is 0 Å². The highest BCUT2D eigenvalue weighted by Crippen LogP contribution is 2.26. The maximum absolute atomic E-state index is 11.9. The third-order valence-electron chi connectivity index (χ3n) is 5.05. The number of amides is 1. The summed E-state index contributed by atoms with van der Waals surface area (Å²) < 4.78 is 0. The highest BCUT2D eigenvalue weighted by molar-refractivity contribution is 6.04. The first-order chi connectivity index (χ1) is 13.7. The highest BCUT2D eigenvalue weighted by Gasteiger charge is 2.24. The van der Waals surface area contributed by atoms with Crippen LogP contribution in [0.5, 0.6) is 0 Å². The number of primary amides is 1. The molecule has 5 N–H and O–H groups in total. The first-order valence-corrected chi connectivity index (χ1v) is 9.21. The molecule has 3 aromatic rings. The first kappa shape index (κ1) is 17.7. The minimum absolute atomic E-state index is 0.190. The minimum atomic E-state index is -0.511. The average Bonchev–Trinajstić information content (AvgIpc) is 3.07. The Morgan fingerprint density at radius 3 is 2.96 bits per heavy atom. The van der Waals surface area contributed by atoms with Crippen molar-refractivity contribution < 1.29 is 9.78 Å². The largest absolute Gasteiger partial charge is 0.378 e. The Kier molecular flexibility index (Phi) is 4.76. The molecule has 1 aliphatic rings. The molecule has 0 aliphatic carbocycles. The molecule has 0 spiro atoms. The number of carbonyl (C=O) groups is 1. The Bertz CT molecular complexity index is 1040. The molecule has 0 saturated carbocycles. The zero-order valence-electron chi connectivity index (χ0n) is 15.3. The second kappa shape index (κ2) is 7.52. The number of aromatic nitrogens is 4. The number of aromatic amines is 2. The van der Waals surface area contributed by atoms with Crippen molar-refractivity contribution in [1.29, 1.82) is 5.26 Å². The van der Waals surface area contributed by atoms with Crippen LogP contribution >= 0.6 is 0 Å².